The smallest absolute Gasteiger partial charge is 0.115 e. The Morgan fingerprint density at radius 2 is 1.52 bits per heavy atom. The first kappa shape index (κ1) is 14.0. The molecule has 0 unspecified atom stereocenters. The predicted octanol–water partition coefficient (Wildman–Crippen LogP) is 5.23. The fraction of sp³-hybridized carbons (Fsp3) is 0.111. The number of aromatic hydroxyl groups is 1. The zero-order valence-electron chi connectivity index (χ0n) is 12.0. The number of benzene rings is 2. The Morgan fingerprint density at radius 3 is 2.14 bits per heavy atom. The second-order valence-electron chi connectivity index (χ2n) is 5.18. The summed E-state index contributed by atoms with van der Waals surface area (Å²) in [5.41, 5.74) is 5.81. The Balaban J connectivity index is 2.21. The summed E-state index contributed by atoms with van der Waals surface area (Å²) in [7, 11) is 0. The first-order valence-electron chi connectivity index (χ1n) is 6.80. The molecule has 0 aliphatic rings. The van der Waals surface area contributed by atoms with Gasteiger partial charge in [0.2, 0.25) is 0 Å². The van der Waals surface area contributed by atoms with E-state index in [4.69, 9.17) is 0 Å². The van der Waals surface area contributed by atoms with Gasteiger partial charge in [0.15, 0.2) is 0 Å². The van der Waals surface area contributed by atoms with Crippen molar-refractivity contribution in [3.05, 3.63) is 70.3 Å². The summed E-state index contributed by atoms with van der Waals surface area (Å²) in [5, 5.41) is 9.48. The molecule has 0 fully saturated rings. The van der Waals surface area contributed by atoms with Gasteiger partial charge in [-0.3, -0.25) is 0 Å². The summed E-state index contributed by atoms with van der Waals surface area (Å²) < 4.78 is 3.31. The van der Waals surface area contributed by atoms with Crippen LogP contribution in [0.4, 0.5) is 0 Å². The Bertz CT molecular complexity index is 704. The maximum atomic E-state index is 9.48. The van der Waals surface area contributed by atoms with Crippen LogP contribution in [-0.4, -0.2) is 9.67 Å². The van der Waals surface area contributed by atoms with Crippen molar-refractivity contribution in [1.82, 2.24) is 4.57 Å². The van der Waals surface area contributed by atoms with E-state index in [0.717, 1.165) is 21.4 Å². The average molecular weight is 342 g/mol. The maximum Gasteiger partial charge on any atom is 0.115 e. The Kier molecular flexibility index (Phi) is 3.60. The molecule has 3 rings (SSSR count). The second kappa shape index (κ2) is 5.41. The van der Waals surface area contributed by atoms with Crippen LogP contribution >= 0.6 is 15.9 Å². The van der Waals surface area contributed by atoms with Gasteiger partial charge in [-0.15, -0.1) is 0 Å². The highest BCUT2D eigenvalue weighted by atomic mass is 79.9. The van der Waals surface area contributed by atoms with E-state index < -0.39 is 0 Å². The van der Waals surface area contributed by atoms with Crippen LogP contribution in [0.25, 0.3) is 16.9 Å². The molecule has 0 spiro atoms. The van der Waals surface area contributed by atoms with Gasteiger partial charge >= 0.3 is 0 Å². The molecule has 3 heteroatoms. The van der Waals surface area contributed by atoms with Gasteiger partial charge < -0.3 is 9.67 Å². The number of halogens is 1. The van der Waals surface area contributed by atoms with Gasteiger partial charge in [0, 0.05) is 15.9 Å². The number of aromatic nitrogens is 1. The molecule has 2 nitrogen and oxygen atoms in total. The van der Waals surface area contributed by atoms with Gasteiger partial charge in [-0.05, 0) is 79.6 Å². The molecule has 0 bridgehead atoms. The molecular weight excluding hydrogens is 326 g/mol. The number of phenolic OH excluding ortho intramolecular Hbond substituents is 1. The predicted molar refractivity (Wildman–Crippen MR) is 90.0 cm³/mol. The Morgan fingerprint density at radius 1 is 0.905 bits per heavy atom. The number of aryl methyl sites for hydroxylation is 2. The van der Waals surface area contributed by atoms with Crippen molar-refractivity contribution in [2.24, 2.45) is 0 Å². The standard InChI is InChI=1S/C18H16BrNO/c1-12-11-13(2)20(16-7-5-15(19)6-8-16)18(12)14-3-9-17(21)10-4-14/h3-11,21H,1-2H3. The molecule has 0 atom stereocenters. The zero-order chi connectivity index (χ0) is 15.0. The van der Waals surface area contributed by atoms with Crippen molar-refractivity contribution < 1.29 is 5.11 Å². The van der Waals surface area contributed by atoms with Crippen LogP contribution in [-0.2, 0) is 0 Å². The van der Waals surface area contributed by atoms with Gasteiger partial charge in [0.25, 0.3) is 0 Å². The van der Waals surface area contributed by atoms with Gasteiger partial charge in [-0.1, -0.05) is 15.9 Å². The van der Waals surface area contributed by atoms with E-state index in [2.05, 4.69) is 52.5 Å². The lowest BCUT2D eigenvalue weighted by molar-refractivity contribution is 0.475. The van der Waals surface area contributed by atoms with Crippen molar-refractivity contribution in [2.75, 3.05) is 0 Å². The van der Waals surface area contributed by atoms with Crippen LogP contribution in [0.2, 0.25) is 0 Å². The number of phenols is 1. The molecule has 0 amide bonds. The van der Waals surface area contributed by atoms with E-state index in [9.17, 15) is 5.11 Å². The monoisotopic (exact) mass is 341 g/mol. The lowest BCUT2D eigenvalue weighted by Gasteiger charge is -2.13. The lowest BCUT2D eigenvalue weighted by atomic mass is 10.1. The number of hydrogen-bond donors (Lipinski definition) is 1. The number of nitrogens with zero attached hydrogens (tertiary/aromatic N) is 1. The van der Waals surface area contributed by atoms with Gasteiger partial charge in [-0.2, -0.15) is 0 Å². The minimum atomic E-state index is 0.287. The molecule has 1 heterocycles. The zero-order valence-corrected chi connectivity index (χ0v) is 13.6. The highest BCUT2D eigenvalue weighted by molar-refractivity contribution is 9.10. The van der Waals surface area contributed by atoms with Crippen LogP contribution in [0.15, 0.2) is 59.1 Å². The van der Waals surface area contributed by atoms with Gasteiger partial charge in [0.05, 0.1) is 5.69 Å². The third-order valence-electron chi connectivity index (χ3n) is 3.60. The second-order valence-corrected chi connectivity index (χ2v) is 6.09. The van der Waals surface area contributed by atoms with E-state index in [1.165, 1.54) is 11.3 Å². The average Bonchev–Trinajstić information content (AvgIpc) is 2.75. The van der Waals surface area contributed by atoms with E-state index in [1.807, 2.05) is 24.3 Å². The van der Waals surface area contributed by atoms with Gasteiger partial charge in [-0.25, -0.2) is 0 Å². The molecule has 0 saturated carbocycles. The third kappa shape index (κ3) is 2.61. The number of hydrogen-bond acceptors (Lipinski definition) is 1. The van der Waals surface area contributed by atoms with E-state index in [0.29, 0.717) is 0 Å². The molecular formula is C18H16BrNO. The topological polar surface area (TPSA) is 25.2 Å². The van der Waals surface area contributed by atoms with Crippen LogP contribution in [0, 0.1) is 13.8 Å². The molecule has 3 aromatic rings. The minimum absolute atomic E-state index is 0.287. The summed E-state index contributed by atoms with van der Waals surface area (Å²) in [4.78, 5) is 0. The van der Waals surface area contributed by atoms with E-state index >= 15 is 0 Å². The van der Waals surface area contributed by atoms with Crippen molar-refractivity contribution >= 4 is 15.9 Å². The van der Waals surface area contributed by atoms with Crippen molar-refractivity contribution in [3.63, 3.8) is 0 Å². The SMILES string of the molecule is Cc1cc(C)n(-c2ccc(Br)cc2)c1-c1ccc(O)cc1. The number of rotatable bonds is 2. The maximum absolute atomic E-state index is 9.48. The third-order valence-corrected chi connectivity index (χ3v) is 4.13. The Labute approximate surface area is 132 Å². The molecule has 1 aromatic heterocycles. The molecule has 0 aliphatic heterocycles. The summed E-state index contributed by atoms with van der Waals surface area (Å²) >= 11 is 3.48. The molecule has 0 saturated heterocycles. The van der Waals surface area contributed by atoms with Crippen molar-refractivity contribution in [3.8, 4) is 22.7 Å². The normalized spacial score (nSPS) is 10.8. The largest absolute Gasteiger partial charge is 0.508 e. The van der Waals surface area contributed by atoms with Crippen LogP contribution in [0.5, 0.6) is 5.75 Å². The van der Waals surface area contributed by atoms with E-state index in [1.54, 1.807) is 12.1 Å². The fourth-order valence-electron chi connectivity index (χ4n) is 2.70. The summed E-state index contributed by atoms with van der Waals surface area (Å²) in [6.07, 6.45) is 0. The minimum Gasteiger partial charge on any atom is -0.508 e. The Hall–Kier alpha value is -2.00. The van der Waals surface area contributed by atoms with Gasteiger partial charge in [0.1, 0.15) is 5.75 Å². The van der Waals surface area contributed by atoms with Crippen molar-refractivity contribution in [1.29, 1.82) is 0 Å². The van der Waals surface area contributed by atoms with Crippen LogP contribution in [0.1, 0.15) is 11.3 Å². The van der Waals surface area contributed by atoms with Crippen LogP contribution in [0.3, 0.4) is 0 Å². The molecule has 0 radical (unpaired) electrons. The highest BCUT2D eigenvalue weighted by Crippen LogP contribution is 2.31. The highest BCUT2D eigenvalue weighted by Gasteiger charge is 2.13. The summed E-state index contributed by atoms with van der Waals surface area (Å²) in [6, 6.07) is 17.8. The van der Waals surface area contributed by atoms with Crippen molar-refractivity contribution in [2.45, 2.75) is 13.8 Å². The molecule has 1 N–H and O–H groups in total. The quantitative estimate of drug-likeness (QED) is 0.678. The molecule has 106 valence electrons. The molecule has 0 aliphatic carbocycles. The first-order valence-corrected chi connectivity index (χ1v) is 7.60. The molecule has 21 heavy (non-hydrogen) atoms. The summed E-state index contributed by atoms with van der Waals surface area (Å²) in [6.45, 7) is 4.23. The molecule has 2 aromatic carbocycles. The van der Waals surface area contributed by atoms with E-state index in [-0.39, 0.29) is 5.75 Å². The lowest BCUT2D eigenvalue weighted by Crippen LogP contribution is -1.99. The fourth-order valence-corrected chi connectivity index (χ4v) is 2.96. The first-order chi connectivity index (χ1) is 10.1. The van der Waals surface area contributed by atoms with Crippen LogP contribution < -0.4 is 0 Å². The summed E-state index contributed by atoms with van der Waals surface area (Å²) in [5.74, 6) is 0.287.